The molecule has 0 fully saturated rings. The van der Waals surface area contributed by atoms with E-state index in [4.69, 9.17) is 14.2 Å². The van der Waals surface area contributed by atoms with Crippen molar-refractivity contribution in [2.45, 2.75) is 13.3 Å². The molecule has 7 nitrogen and oxygen atoms in total. The van der Waals surface area contributed by atoms with Crippen molar-refractivity contribution < 1.29 is 23.8 Å². The lowest BCUT2D eigenvalue weighted by Crippen LogP contribution is -2.32. The minimum absolute atomic E-state index is 0.186. The van der Waals surface area contributed by atoms with Crippen molar-refractivity contribution in [2.75, 3.05) is 31.0 Å². The van der Waals surface area contributed by atoms with Crippen molar-refractivity contribution in [3.8, 4) is 17.2 Å². The zero-order valence-corrected chi connectivity index (χ0v) is 19.4. The molecule has 170 valence electrons. The Hall–Kier alpha value is -3.78. The highest BCUT2D eigenvalue weighted by Gasteiger charge is 2.41. The van der Waals surface area contributed by atoms with Crippen molar-refractivity contribution in [3.05, 3.63) is 70.6 Å². The summed E-state index contributed by atoms with van der Waals surface area (Å²) >= 11 is 1.39. The molecule has 0 atom stereocenters. The maximum Gasteiger partial charge on any atom is 0.282 e. The van der Waals surface area contributed by atoms with Crippen LogP contribution in [0.1, 0.15) is 18.2 Å². The van der Waals surface area contributed by atoms with E-state index in [1.165, 1.54) is 23.3 Å². The average molecular weight is 465 g/mol. The molecule has 0 spiro atoms. The Balaban J connectivity index is 1.75. The number of imide groups is 1. The van der Waals surface area contributed by atoms with Crippen molar-refractivity contribution >= 4 is 40.1 Å². The molecule has 0 saturated heterocycles. The van der Waals surface area contributed by atoms with Gasteiger partial charge in [-0.1, -0.05) is 19.1 Å². The summed E-state index contributed by atoms with van der Waals surface area (Å²) in [5.41, 5.74) is 1.50. The number of ether oxygens (including phenoxy) is 3. The Morgan fingerprint density at radius 1 is 0.939 bits per heavy atom. The van der Waals surface area contributed by atoms with Gasteiger partial charge in [0.05, 0.1) is 37.8 Å². The summed E-state index contributed by atoms with van der Waals surface area (Å²) in [5, 5.41) is 5.01. The molecule has 8 heteroatoms. The van der Waals surface area contributed by atoms with Crippen molar-refractivity contribution in [1.82, 2.24) is 0 Å². The van der Waals surface area contributed by atoms with Crippen LogP contribution < -0.4 is 24.4 Å². The highest BCUT2D eigenvalue weighted by Crippen LogP contribution is 2.38. The fourth-order valence-electron chi connectivity index (χ4n) is 3.50. The van der Waals surface area contributed by atoms with Crippen LogP contribution in [-0.2, 0) is 9.59 Å². The summed E-state index contributed by atoms with van der Waals surface area (Å²) in [4.78, 5) is 28.9. The van der Waals surface area contributed by atoms with Crippen molar-refractivity contribution in [2.24, 2.45) is 0 Å². The predicted octanol–water partition coefficient (Wildman–Crippen LogP) is 4.95. The SMILES string of the molecule is CCCOc1cccc(N2C(=O)C(Nc3ccc(OC)cc3OC)=C(c3cccs3)C2=O)c1. The van der Waals surface area contributed by atoms with Gasteiger partial charge in [0.25, 0.3) is 11.8 Å². The number of carbonyl (C=O) groups excluding carboxylic acids is 2. The molecule has 2 amide bonds. The number of thiophene rings is 1. The molecule has 1 aliphatic heterocycles. The van der Waals surface area contributed by atoms with Crippen LogP contribution in [0.15, 0.2) is 65.7 Å². The van der Waals surface area contributed by atoms with Crippen LogP contribution in [0, 0.1) is 0 Å². The summed E-state index contributed by atoms with van der Waals surface area (Å²) in [5.74, 6) is 0.857. The number of anilines is 2. The molecular weight excluding hydrogens is 440 g/mol. The Labute approximate surface area is 196 Å². The van der Waals surface area contributed by atoms with Crippen molar-refractivity contribution in [3.63, 3.8) is 0 Å². The molecule has 3 aromatic rings. The number of amides is 2. The molecular formula is C25H24N2O5S. The first kappa shape index (κ1) is 22.4. The van der Waals surface area contributed by atoms with Gasteiger partial charge in [0.1, 0.15) is 22.9 Å². The number of carbonyl (C=O) groups is 2. The topological polar surface area (TPSA) is 77.1 Å². The van der Waals surface area contributed by atoms with Gasteiger partial charge in [0, 0.05) is 17.0 Å². The number of rotatable bonds is 9. The maximum absolute atomic E-state index is 13.6. The number of nitrogens with zero attached hydrogens (tertiary/aromatic N) is 1. The average Bonchev–Trinajstić information content (AvgIpc) is 3.44. The Morgan fingerprint density at radius 3 is 2.48 bits per heavy atom. The summed E-state index contributed by atoms with van der Waals surface area (Å²) in [6.07, 6.45) is 0.855. The monoisotopic (exact) mass is 464 g/mol. The fourth-order valence-corrected chi connectivity index (χ4v) is 4.27. The van der Waals surface area contributed by atoms with E-state index < -0.39 is 11.8 Å². The first-order valence-electron chi connectivity index (χ1n) is 10.5. The minimum Gasteiger partial charge on any atom is -0.497 e. The lowest BCUT2D eigenvalue weighted by Gasteiger charge is -2.17. The standard InChI is InChI=1S/C25H24N2O5S/c1-4-12-32-18-8-5-7-16(14-18)27-24(28)22(21-9-6-13-33-21)23(25(27)29)26-19-11-10-17(30-2)15-20(19)31-3/h5-11,13-15,26H,4,12H2,1-3H3. The highest BCUT2D eigenvalue weighted by atomic mass is 32.1. The van der Waals surface area contributed by atoms with Gasteiger partial charge in [0.2, 0.25) is 0 Å². The van der Waals surface area contributed by atoms with Crippen LogP contribution in [0.5, 0.6) is 17.2 Å². The highest BCUT2D eigenvalue weighted by molar-refractivity contribution is 7.11. The number of nitrogens with one attached hydrogen (secondary N) is 1. The summed E-state index contributed by atoms with van der Waals surface area (Å²) in [7, 11) is 3.10. The Bertz CT molecular complexity index is 1200. The molecule has 0 saturated carbocycles. The van der Waals surface area contributed by atoms with E-state index in [0.29, 0.717) is 45.7 Å². The summed E-state index contributed by atoms with van der Waals surface area (Å²) in [6, 6.07) is 15.9. The molecule has 0 aliphatic carbocycles. The van der Waals surface area contributed by atoms with E-state index in [1.54, 1.807) is 49.6 Å². The largest absolute Gasteiger partial charge is 0.497 e. The molecule has 2 aromatic carbocycles. The molecule has 1 aliphatic rings. The van der Waals surface area contributed by atoms with Crippen molar-refractivity contribution in [1.29, 1.82) is 0 Å². The predicted molar refractivity (Wildman–Crippen MR) is 129 cm³/mol. The van der Waals surface area contributed by atoms with Crippen LogP contribution in [-0.4, -0.2) is 32.6 Å². The molecule has 1 aromatic heterocycles. The van der Waals surface area contributed by atoms with Crippen LogP contribution in [0.25, 0.3) is 5.57 Å². The third kappa shape index (κ3) is 4.42. The first-order valence-corrected chi connectivity index (χ1v) is 11.3. The molecule has 0 unspecified atom stereocenters. The van der Waals surface area contributed by atoms with E-state index in [9.17, 15) is 9.59 Å². The molecule has 0 radical (unpaired) electrons. The lowest BCUT2D eigenvalue weighted by atomic mass is 10.1. The molecule has 0 bridgehead atoms. The summed E-state index contributed by atoms with van der Waals surface area (Å²) < 4.78 is 16.4. The number of benzene rings is 2. The third-order valence-electron chi connectivity index (χ3n) is 5.07. The smallest absolute Gasteiger partial charge is 0.282 e. The number of hydrogen-bond acceptors (Lipinski definition) is 7. The first-order chi connectivity index (χ1) is 16.1. The van der Waals surface area contributed by atoms with Gasteiger partial charge in [0.15, 0.2) is 0 Å². The van der Waals surface area contributed by atoms with Gasteiger partial charge in [-0.05, 0) is 42.1 Å². The zero-order valence-electron chi connectivity index (χ0n) is 18.6. The molecule has 4 rings (SSSR count). The normalized spacial score (nSPS) is 13.5. The maximum atomic E-state index is 13.6. The Morgan fingerprint density at radius 2 is 1.79 bits per heavy atom. The van der Waals surface area contributed by atoms with E-state index in [1.807, 2.05) is 24.4 Å². The quantitative estimate of drug-likeness (QED) is 0.452. The van der Waals surface area contributed by atoms with Crippen LogP contribution in [0.4, 0.5) is 11.4 Å². The number of methoxy groups -OCH3 is 2. The Kier molecular flexibility index (Phi) is 6.65. The fraction of sp³-hybridized carbons (Fsp3) is 0.200. The van der Waals surface area contributed by atoms with Gasteiger partial charge in [-0.3, -0.25) is 9.59 Å². The van der Waals surface area contributed by atoms with E-state index in [2.05, 4.69) is 5.32 Å². The lowest BCUT2D eigenvalue weighted by molar-refractivity contribution is -0.120. The third-order valence-corrected chi connectivity index (χ3v) is 5.96. The van der Waals surface area contributed by atoms with E-state index in [-0.39, 0.29) is 5.70 Å². The second-order valence-corrected chi connectivity index (χ2v) is 8.16. The minimum atomic E-state index is -0.450. The second kappa shape index (κ2) is 9.79. The van der Waals surface area contributed by atoms with Gasteiger partial charge in [-0.25, -0.2) is 4.90 Å². The van der Waals surface area contributed by atoms with Gasteiger partial charge >= 0.3 is 0 Å². The van der Waals surface area contributed by atoms with Gasteiger partial charge < -0.3 is 19.5 Å². The molecule has 2 heterocycles. The van der Waals surface area contributed by atoms with Gasteiger partial charge in [-0.2, -0.15) is 0 Å². The summed E-state index contributed by atoms with van der Waals surface area (Å²) in [6.45, 7) is 2.56. The van der Waals surface area contributed by atoms with Gasteiger partial charge in [-0.15, -0.1) is 11.3 Å². The molecule has 33 heavy (non-hydrogen) atoms. The second-order valence-electron chi connectivity index (χ2n) is 7.21. The zero-order chi connectivity index (χ0) is 23.4. The molecule has 1 N–H and O–H groups in total. The van der Waals surface area contributed by atoms with E-state index in [0.717, 1.165) is 6.42 Å². The number of hydrogen-bond donors (Lipinski definition) is 1. The van der Waals surface area contributed by atoms with E-state index >= 15 is 0 Å². The van der Waals surface area contributed by atoms with Crippen LogP contribution >= 0.6 is 11.3 Å². The van der Waals surface area contributed by atoms with Crippen LogP contribution in [0.2, 0.25) is 0 Å². The van der Waals surface area contributed by atoms with Crippen LogP contribution in [0.3, 0.4) is 0 Å².